The van der Waals surface area contributed by atoms with Crippen LogP contribution in [0, 0.1) is 0 Å². The smallest absolute Gasteiger partial charge is 0.128 e. The molecule has 3 aromatic carbocycles. The van der Waals surface area contributed by atoms with Gasteiger partial charge in [0.15, 0.2) is 0 Å². The lowest BCUT2D eigenvalue weighted by atomic mass is 10.1. The third-order valence-electron chi connectivity index (χ3n) is 4.56. The lowest BCUT2D eigenvalue weighted by Crippen LogP contribution is -2.28. The van der Waals surface area contributed by atoms with E-state index in [1.54, 1.807) is 18.2 Å². The average molecular weight is 369 g/mol. The second-order valence-corrected chi connectivity index (χ2v) is 6.41. The number of carbonyl (C=O) groups is 1. The second-order valence-electron chi connectivity index (χ2n) is 6.41. The Morgan fingerprint density at radius 2 is 1.50 bits per heavy atom. The highest BCUT2D eigenvalue weighted by Gasteiger charge is 2.23. The normalized spacial score (nSPS) is 12.3. The summed E-state index contributed by atoms with van der Waals surface area (Å²) in [4.78, 5) is 10.6. The van der Waals surface area contributed by atoms with Gasteiger partial charge in [0.25, 0.3) is 0 Å². The lowest BCUT2D eigenvalue weighted by Gasteiger charge is -2.08. The van der Waals surface area contributed by atoms with Gasteiger partial charge in [-0.3, -0.25) is 0 Å². The van der Waals surface area contributed by atoms with Gasteiger partial charge in [0.1, 0.15) is 18.1 Å². The Morgan fingerprint density at radius 1 is 0.893 bits per heavy atom. The fraction of sp³-hybridized carbons (Fsp3) is 0.0870. The molecule has 0 aromatic heterocycles. The Labute approximate surface area is 162 Å². The summed E-state index contributed by atoms with van der Waals surface area (Å²) in [5.41, 5.74) is 6.78. The maximum Gasteiger partial charge on any atom is 0.128 e. The van der Waals surface area contributed by atoms with E-state index in [9.17, 15) is 9.90 Å². The molecular formula is C23H17N2O3-. The van der Waals surface area contributed by atoms with Crippen LogP contribution in [-0.2, 0) is 4.79 Å². The first-order valence-electron chi connectivity index (χ1n) is 8.88. The number of ether oxygens (including phenoxy) is 1. The SMILES string of the molecule is C/C(=N/N=C1c2ccccc2-c2ccccc21)c1cccc(OCC(=O)[O-])c1. The van der Waals surface area contributed by atoms with Gasteiger partial charge >= 0.3 is 0 Å². The number of carbonyl (C=O) groups excluding carboxylic acids is 1. The molecule has 28 heavy (non-hydrogen) atoms. The van der Waals surface area contributed by atoms with E-state index in [-0.39, 0.29) is 0 Å². The summed E-state index contributed by atoms with van der Waals surface area (Å²) in [6.45, 7) is 1.37. The number of fused-ring (bicyclic) bond motifs is 3. The summed E-state index contributed by atoms with van der Waals surface area (Å²) < 4.78 is 5.18. The molecule has 0 heterocycles. The summed E-state index contributed by atoms with van der Waals surface area (Å²) in [6, 6.07) is 23.4. The molecule has 0 bridgehead atoms. The van der Waals surface area contributed by atoms with E-state index in [1.807, 2.05) is 49.4 Å². The van der Waals surface area contributed by atoms with Crippen molar-refractivity contribution in [2.24, 2.45) is 10.2 Å². The maximum atomic E-state index is 10.6. The molecule has 3 aromatic rings. The highest BCUT2D eigenvalue weighted by Crippen LogP contribution is 2.36. The molecule has 4 rings (SSSR count). The number of carboxylic acids is 1. The summed E-state index contributed by atoms with van der Waals surface area (Å²) in [6.07, 6.45) is 0. The number of rotatable bonds is 5. The zero-order chi connectivity index (χ0) is 19.5. The van der Waals surface area contributed by atoms with Crippen LogP contribution in [-0.4, -0.2) is 24.0 Å². The Bertz CT molecular complexity index is 1070. The van der Waals surface area contributed by atoms with Crippen molar-refractivity contribution in [3.05, 3.63) is 89.5 Å². The van der Waals surface area contributed by atoms with Crippen molar-refractivity contribution in [1.82, 2.24) is 0 Å². The minimum atomic E-state index is -1.26. The number of aliphatic carboxylic acids is 1. The average Bonchev–Trinajstić information content (AvgIpc) is 3.04. The second kappa shape index (κ2) is 7.48. The number of nitrogens with zero attached hydrogens (tertiary/aromatic N) is 2. The zero-order valence-electron chi connectivity index (χ0n) is 15.3. The van der Waals surface area contributed by atoms with E-state index in [1.165, 1.54) is 0 Å². The molecule has 138 valence electrons. The molecule has 0 saturated heterocycles. The molecule has 0 spiro atoms. The highest BCUT2D eigenvalue weighted by atomic mass is 16.5. The fourth-order valence-electron chi connectivity index (χ4n) is 3.24. The first-order valence-corrected chi connectivity index (χ1v) is 8.88. The maximum absolute atomic E-state index is 10.6. The Hall–Kier alpha value is -3.73. The standard InChI is InChI=1S/C23H18N2O3/c1-15(16-7-6-8-17(13-16)28-14-22(26)27)24-25-23-20-11-4-2-9-18(20)19-10-3-5-12-21(19)23/h2-13H,14H2,1H3,(H,26,27)/p-1/b24-15-. The molecular weight excluding hydrogens is 352 g/mol. The Kier molecular flexibility index (Phi) is 4.72. The van der Waals surface area contributed by atoms with Crippen molar-refractivity contribution < 1.29 is 14.6 Å². The minimum Gasteiger partial charge on any atom is -0.546 e. The van der Waals surface area contributed by atoms with Gasteiger partial charge in [0.05, 0.1) is 11.7 Å². The molecule has 1 aliphatic carbocycles. The predicted octanol–water partition coefficient (Wildman–Crippen LogP) is 3.06. The molecule has 0 radical (unpaired) electrons. The van der Waals surface area contributed by atoms with Crippen LogP contribution in [0.15, 0.2) is 83.0 Å². The minimum absolute atomic E-state index is 0.445. The van der Waals surface area contributed by atoms with Crippen LogP contribution in [0.25, 0.3) is 11.1 Å². The van der Waals surface area contributed by atoms with Crippen molar-refractivity contribution in [2.75, 3.05) is 6.61 Å². The van der Waals surface area contributed by atoms with E-state index < -0.39 is 12.6 Å². The number of hydrogen-bond acceptors (Lipinski definition) is 5. The molecule has 1 aliphatic rings. The van der Waals surface area contributed by atoms with Crippen molar-refractivity contribution in [3.8, 4) is 16.9 Å². The van der Waals surface area contributed by atoms with E-state index in [0.717, 1.165) is 33.5 Å². The zero-order valence-corrected chi connectivity index (χ0v) is 15.3. The molecule has 0 amide bonds. The fourth-order valence-corrected chi connectivity index (χ4v) is 3.24. The molecule has 0 aliphatic heterocycles. The van der Waals surface area contributed by atoms with E-state index in [4.69, 9.17) is 4.74 Å². The molecule has 0 fully saturated rings. The van der Waals surface area contributed by atoms with Crippen LogP contribution in [0.3, 0.4) is 0 Å². The van der Waals surface area contributed by atoms with Gasteiger partial charge in [-0.1, -0.05) is 60.7 Å². The van der Waals surface area contributed by atoms with Crippen LogP contribution in [0.5, 0.6) is 5.75 Å². The van der Waals surface area contributed by atoms with Gasteiger partial charge in [0, 0.05) is 16.7 Å². The van der Waals surface area contributed by atoms with E-state index >= 15 is 0 Å². The van der Waals surface area contributed by atoms with Crippen LogP contribution < -0.4 is 9.84 Å². The molecule has 0 atom stereocenters. The third kappa shape index (κ3) is 3.42. The summed E-state index contributed by atoms with van der Waals surface area (Å²) >= 11 is 0. The quantitative estimate of drug-likeness (QED) is 0.401. The van der Waals surface area contributed by atoms with Crippen molar-refractivity contribution in [1.29, 1.82) is 0 Å². The predicted molar refractivity (Wildman–Crippen MR) is 107 cm³/mol. The molecule has 5 heteroatoms. The van der Waals surface area contributed by atoms with Crippen molar-refractivity contribution in [2.45, 2.75) is 6.92 Å². The Balaban J connectivity index is 1.68. The lowest BCUT2D eigenvalue weighted by molar-refractivity contribution is -0.307. The highest BCUT2D eigenvalue weighted by molar-refractivity contribution is 6.24. The van der Waals surface area contributed by atoms with E-state index in [0.29, 0.717) is 11.5 Å². The molecule has 0 saturated carbocycles. The monoisotopic (exact) mass is 369 g/mol. The van der Waals surface area contributed by atoms with Gasteiger partial charge in [-0.25, -0.2) is 0 Å². The van der Waals surface area contributed by atoms with Gasteiger partial charge in [-0.2, -0.15) is 5.10 Å². The topological polar surface area (TPSA) is 74.1 Å². The van der Waals surface area contributed by atoms with E-state index in [2.05, 4.69) is 22.3 Å². The summed E-state index contributed by atoms with van der Waals surface area (Å²) in [5, 5.41) is 19.5. The number of hydrogen-bond donors (Lipinski definition) is 0. The van der Waals surface area contributed by atoms with Gasteiger partial charge in [-0.15, -0.1) is 5.10 Å². The third-order valence-corrected chi connectivity index (χ3v) is 4.56. The van der Waals surface area contributed by atoms with Crippen LogP contribution in [0.4, 0.5) is 0 Å². The Morgan fingerprint density at radius 3 is 2.11 bits per heavy atom. The van der Waals surface area contributed by atoms with Crippen LogP contribution in [0.1, 0.15) is 23.6 Å². The van der Waals surface area contributed by atoms with Crippen LogP contribution >= 0.6 is 0 Å². The molecule has 0 unspecified atom stereocenters. The van der Waals surface area contributed by atoms with Gasteiger partial charge < -0.3 is 14.6 Å². The van der Waals surface area contributed by atoms with Crippen molar-refractivity contribution in [3.63, 3.8) is 0 Å². The summed E-state index contributed by atoms with van der Waals surface area (Å²) in [5.74, 6) is -0.818. The molecule has 0 N–H and O–H groups in total. The molecule has 5 nitrogen and oxygen atoms in total. The van der Waals surface area contributed by atoms with Gasteiger partial charge in [-0.05, 0) is 30.2 Å². The number of carboxylic acid groups (broad SMARTS) is 1. The number of benzene rings is 3. The van der Waals surface area contributed by atoms with Crippen LogP contribution in [0.2, 0.25) is 0 Å². The first kappa shape index (κ1) is 17.7. The van der Waals surface area contributed by atoms with Gasteiger partial charge in [0.2, 0.25) is 0 Å². The summed E-state index contributed by atoms with van der Waals surface area (Å²) in [7, 11) is 0. The largest absolute Gasteiger partial charge is 0.546 e. The first-order chi connectivity index (χ1) is 13.6. The van der Waals surface area contributed by atoms with Crippen molar-refractivity contribution >= 4 is 17.4 Å².